The van der Waals surface area contributed by atoms with E-state index in [1.165, 1.54) is 50.1 Å². The third-order valence-electron chi connectivity index (χ3n) is 17.8. The van der Waals surface area contributed by atoms with Gasteiger partial charge >= 0.3 is 0 Å². The summed E-state index contributed by atoms with van der Waals surface area (Å²) < 4.78 is 7.43. The van der Waals surface area contributed by atoms with Gasteiger partial charge in [0.1, 0.15) is 44.8 Å². The molecule has 0 bridgehead atoms. The monoisotopic (exact) mass is 933 g/mol. The topological polar surface area (TPSA) is 19.6 Å². The molecule has 10 radical (unpaired) electrons. The fourth-order valence-electron chi connectivity index (χ4n) is 13.0. The van der Waals surface area contributed by atoms with Gasteiger partial charge < -0.3 is 9.32 Å². The Labute approximate surface area is 437 Å². The van der Waals surface area contributed by atoms with Crippen LogP contribution in [0.2, 0.25) is 0 Å². The van der Waals surface area contributed by atoms with Crippen molar-refractivity contribution in [1.29, 1.82) is 0 Å². The van der Waals surface area contributed by atoms with Crippen molar-refractivity contribution in [3.8, 4) is 11.1 Å². The molecule has 0 saturated heterocycles. The molecule has 3 nitrogen and oxygen atoms in total. The van der Waals surface area contributed by atoms with Crippen LogP contribution in [0.1, 0.15) is 162 Å². The molecule has 7 aromatic rings. The molecule has 2 aliphatic carbocycles. The van der Waals surface area contributed by atoms with Gasteiger partial charge in [-0.05, 0) is 175 Å². The summed E-state index contributed by atoms with van der Waals surface area (Å²) in [6.07, 6.45) is 4.51. The van der Waals surface area contributed by atoms with E-state index in [1.807, 2.05) is 0 Å². The quantitative estimate of drug-likeness (QED) is 0.165. The van der Waals surface area contributed by atoms with E-state index in [1.54, 1.807) is 0 Å². The fraction of sp³-hybridized carbons (Fsp3) is 0.397. The molecule has 0 unspecified atom stereocenters. The van der Waals surface area contributed by atoms with E-state index in [4.69, 9.17) is 43.6 Å². The van der Waals surface area contributed by atoms with Crippen molar-refractivity contribution in [2.24, 2.45) is 0 Å². The molecule has 0 N–H and O–H groups in total. The van der Waals surface area contributed by atoms with Gasteiger partial charge in [0, 0.05) is 39.2 Å². The molecule has 0 amide bonds. The zero-order valence-corrected chi connectivity index (χ0v) is 45.6. The van der Waals surface area contributed by atoms with Gasteiger partial charge in [0.15, 0.2) is 0 Å². The van der Waals surface area contributed by atoms with Crippen molar-refractivity contribution < 1.29 is 4.42 Å². The number of nitrogens with zero attached hydrogens (tertiary/aromatic N) is 2. The Morgan fingerprint density at radius 1 is 0.486 bits per heavy atom. The highest BCUT2D eigenvalue weighted by Gasteiger charge is 2.49. The molecule has 4 aliphatic rings. The number of rotatable bonds is 3. The summed E-state index contributed by atoms with van der Waals surface area (Å²) in [6, 6.07) is 30.7. The average molecular weight is 932 g/mol. The smallest absolute Gasteiger partial charge is 0.257 e. The Morgan fingerprint density at radius 2 is 0.986 bits per heavy atom. The maximum absolute atomic E-state index is 7.43. The molecule has 0 saturated carbocycles. The summed E-state index contributed by atoms with van der Waals surface area (Å²) in [5.41, 5.74) is 21.4. The van der Waals surface area contributed by atoms with Crippen molar-refractivity contribution >= 4 is 135 Å². The zero-order chi connectivity index (χ0) is 51.9. The maximum Gasteiger partial charge on any atom is 0.257 e. The molecule has 1 aromatic heterocycles. The Hall–Kier alpha value is -5.15. The van der Waals surface area contributed by atoms with Crippen LogP contribution < -0.4 is 53.5 Å². The predicted molar refractivity (Wildman–Crippen MR) is 315 cm³/mol. The number of fused-ring (bicyclic) bond motifs is 8. The first kappa shape index (κ1) is 49.1. The summed E-state index contributed by atoms with van der Waals surface area (Å²) in [6.45, 7) is 35.0. The maximum atomic E-state index is 7.43. The van der Waals surface area contributed by atoms with Crippen molar-refractivity contribution in [1.82, 2.24) is 0 Å². The molecule has 0 atom stereocenters. The molecule has 2 aliphatic heterocycles. The van der Waals surface area contributed by atoms with E-state index in [2.05, 4.69) is 193 Å². The van der Waals surface area contributed by atoms with Crippen molar-refractivity contribution in [3.63, 3.8) is 0 Å². The van der Waals surface area contributed by atoms with Gasteiger partial charge in [0.05, 0.1) is 5.69 Å². The summed E-state index contributed by atoms with van der Waals surface area (Å²) in [5.74, 6) is 0.762. The summed E-state index contributed by atoms with van der Waals surface area (Å²) >= 11 is 0. The number of hydrogen-bond acceptors (Lipinski definition) is 3. The molecule has 0 fully saturated rings. The highest BCUT2D eigenvalue weighted by atomic mass is 16.4. The minimum Gasteiger partial charge on any atom is -0.440 e. The Balaban J connectivity index is 1.31. The molecule has 11 rings (SSSR count). The van der Waals surface area contributed by atoms with E-state index < -0.39 is 0 Å². The number of anilines is 6. The SMILES string of the molecule is [B]c1c([B])c([B])c(-c2cc(C(C)(C)C)ccc2N2c3cc(C)cc4c3B(c3cc5c(cc3N4c3ccc4c(c3)C(C)(C)CCC4(C)C)C(C)(C)CCC5(C)C)c3c2oc2ccc(C(C)(C)C)cc32)c([B])c1[B]. The lowest BCUT2D eigenvalue weighted by Gasteiger charge is -2.47. The number of hydrogen-bond donors (Lipinski definition) is 0. The van der Waals surface area contributed by atoms with E-state index in [0.717, 1.165) is 81.8 Å². The van der Waals surface area contributed by atoms with Crippen molar-refractivity contribution in [2.75, 3.05) is 9.80 Å². The van der Waals surface area contributed by atoms with Gasteiger partial charge in [-0.1, -0.05) is 132 Å². The van der Waals surface area contributed by atoms with E-state index in [-0.39, 0.29) is 55.6 Å². The summed E-state index contributed by atoms with van der Waals surface area (Å²) in [5, 5.41) is 1.10. The Morgan fingerprint density at radius 3 is 1.57 bits per heavy atom. The van der Waals surface area contributed by atoms with Crippen LogP contribution in [0.25, 0.3) is 22.1 Å². The van der Waals surface area contributed by atoms with Crippen LogP contribution in [0.3, 0.4) is 0 Å². The van der Waals surface area contributed by atoms with Gasteiger partial charge in [-0.15, -0.1) is 16.4 Å². The summed E-state index contributed by atoms with van der Waals surface area (Å²) in [4.78, 5) is 4.95. The second kappa shape index (κ2) is 15.7. The molecule has 352 valence electrons. The van der Waals surface area contributed by atoms with Crippen LogP contribution in [0.5, 0.6) is 0 Å². The lowest BCUT2D eigenvalue weighted by molar-refractivity contribution is 0.332. The second-order valence-corrected chi connectivity index (χ2v) is 26.7. The first-order valence-electron chi connectivity index (χ1n) is 26.2. The van der Waals surface area contributed by atoms with Crippen LogP contribution in [0, 0.1) is 6.92 Å². The number of benzene rings is 6. The lowest BCUT2D eigenvalue weighted by Crippen LogP contribution is -2.61. The first-order chi connectivity index (χ1) is 33.4. The van der Waals surface area contributed by atoms with Crippen LogP contribution >= 0.6 is 0 Å². The van der Waals surface area contributed by atoms with Crippen LogP contribution in [0.15, 0.2) is 83.3 Å². The molecule has 6 aromatic carbocycles. The third kappa shape index (κ3) is 7.18. The normalized spacial score (nSPS) is 18.1. The molecular formula is C63H66B6N2O. The fourth-order valence-corrected chi connectivity index (χ4v) is 13.0. The van der Waals surface area contributed by atoms with E-state index in [0.29, 0.717) is 16.5 Å². The Bertz CT molecular complexity index is 3460. The largest absolute Gasteiger partial charge is 0.440 e. The van der Waals surface area contributed by atoms with Crippen LogP contribution in [-0.2, 0) is 32.5 Å². The highest BCUT2D eigenvalue weighted by Crippen LogP contribution is 2.54. The first-order valence-corrected chi connectivity index (χ1v) is 26.2. The van der Waals surface area contributed by atoms with Gasteiger partial charge in [-0.3, -0.25) is 4.90 Å². The molecule has 9 heteroatoms. The second-order valence-electron chi connectivity index (χ2n) is 26.7. The third-order valence-corrected chi connectivity index (χ3v) is 17.8. The average Bonchev–Trinajstić information content (AvgIpc) is 3.68. The van der Waals surface area contributed by atoms with E-state index in [9.17, 15) is 0 Å². The Kier molecular flexibility index (Phi) is 10.7. The van der Waals surface area contributed by atoms with Gasteiger partial charge in [0.2, 0.25) is 5.88 Å². The van der Waals surface area contributed by atoms with E-state index >= 15 is 0 Å². The minimum atomic E-state index is -0.227. The number of furan rings is 1. The predicted octanol–water partition coefficient (Wildman–Crippen LogP) is 9.75. The molecular weight excluding hydrogens is 866 g/mol. The van der Waals surface area contributed by atoms with Crippen LogP contribution in [-0.4, -0.2) is 45.9 Å². The standard InChI is InChI=1S/C63H66B6N2O/c1-33-26-46-56-47(27-33)71(44-20-16-34(58(2,3)4)28-37(44)49-50(64)52(66)54(68)53(67)51(49)65)57-55(38-29-35(59(5,6)7)17-21-48(38)72-57)69(56)43-31-41-42(63(14,15)25-24-62(41,12)13)32-45(43)70(46)36-18-19-39-40(30-36)61(10,11)23-22-60(39,8)9/h16-21,26-32H,22-25H2,1-15H3. The molecule has 3 heterocycles. The number of aryl methyl sites for hydroxylation is 1. The van der Waals surface area contributed by atoms with Crippen molar-refractivity contribution in [2.45, 2.75) is 162 Å². The van der Waals surface area contributed by atoms with Crippen LogP contribution in [0.4, 0.5) is 34.3 Å². The van der Waals surface area contributed by atoms with Crippen molar-refractivity contribution in [3.05, 3.63) is 118 Å². The van der Waals surface area contributed by atoms with Gasteiger partial charge in [-0.2, -0.15) is 0 Å². The molecule has 72 heavy (non-hydrogen) atoms. The summed E-state index contributed by atoms with van der Waals surface area (Å²) in [7, 11) is 34.1. The minimum absolute atomic E-state index is 0.0102. The lowest BCUT2D eigenvalue weighted by atomic mass is 9.33. The highest BCUT2D eigenvalue weighted by molar-refractivity contribution is 7.01. The molecule has 0 spiro atoms. The van der Waals surface area contributed by atoms with Gasteiger partial charge in [-0.25, -0.2) is 0 Å². The zero-order valence-electron chi connectivity index (χ0n) is 45.6. The van der Waals surface area contributed by atoms with Gasteiger partial charge in [0.25, 0.3) is 6.71 Å².